The molecule has 0 radical (unpaired) electrons. The molecule has 0 spiro atoms. The normalized spacial score (nSPS) is 13.6. The van der Waals surface area contributed by atoms with Crippen LogP contribution in [0, 0.1) is 5.92 Å². The van der Waals surface area contributed by atoms with Gasteiger partial charge in [0.05, 0.1) is 6.61 Å². The molecule has 1 fully saturated rings. The van der Waals surface area contributed by atoms with Gasteiger partial charge >= 0.3 is 0 Å². The number of nitrogens with one attached hydrogen (secondary N) is 2. The van der Waals surface area contributed by atoms with Gasteiger partial charge in [0.25, 0.3) is 0 Å². The van der Waals surface area contributed by atoms with Crippen LogP contribution in [0.4, 0.5) is 0 Å². The van der Waals surface area contributed by atoms with E-state index in [4.69, 9.17) is 4.74 Å². The van der Waals surface area contributed by atoms with E-state index in [1.165, 1.54) is 5.56 Å². The Morgan fingerprint density at radius 1 is 1.24 bits per heavy atom. The summed E-state index contributed by atoms with van der Waals surface area (Å²) in [6.07, 6.45) is 2.07. The molecule has 0 atom stereocenters. The van der Waals surface area contributed by atoms with Crippen molar-refractivity contribution >= 4 is 35.8 Å². The van der Waals surface area contributed by atoms with Crippen LogP contribution in [-0.2, 0) is 11.3 Å². The van der Waals surface area contributed by atoms with Crippen molar-refractivity contribution in [3.8, 4) is 5.75 Å². The molecule has 1 amide bonds. The number of benzene rings is 1. The highest BCUT2D eigenvalue weighted by Crippen LogP contribution is 2.28. The quantitative estimate of drug-likeness (QED) is 0.270. The predicted octanol–water partition coefficient (Wildman–Crippen LogP) is 2.24. The molecule has 140 valence electrons. The number of guanidine groups is 1. The maximum atomic E-state index is 11.6. The summed E-state index contributed by atoms with van der Waals surface area (Å²) < 4.78 is 5.46. The number of hydrogen-bond acceptors (Lipinski definition) is 3. The molecular formula is C18H29IN4O2. The minimum Gasteiger partial charge on any atom is -0.494 e. The predicted molar refractivity (Wildman–Crippen MR) is 112 cm³/mol. The Balaban J connectivity index is 0.00000312. The van der Waals surface area contributed by atoms with Crippen molar-refractivity contribution in [3.63, 3.8) is 0 Å². The highest BCUT2D eigenvalue weighted by atomic mass is 127. The van der Waals surface area contributed by atoms with Crippen molar-refractivity contribution < 1.29 is 9.53 Å². The molecule has 1 saturated carbocycles. The van der Waals surface area contributed by atoms with E-state index in [9.17, 15) is 4.79 Å². The Hall–Kier alpha value is -1.51. The van der Waals surface area contributed by atoms with Gasteiger partial charge in [-0.05, 0) is 37.5 Å². The molecule has 1 aromatic rings. The lowest BCUT2D eigenvalue weighted by Crippen LogP contribution is -2.42. The van der Waals surface area contributed by atoms with E-state index in [0.717, 1.165) is 31.1 Å². The number of amides is 1. The molecule has 2 rings (SSSR count). The first-order chi connectivity index (χ1) is 11.6. The van der Waals surface area contributed by atoms with Gasteiger partial charge in [0.2, 0.25) is 5.91 Å². The molecule has 1 aromatic carbocycles. The Kier molecular flexibility index (Phi) is 9.62. The smallest absolute Gasteiger partial charge is 0.223 e. The van der Waals surface area contributed by atoms with Gasteiger partial charge in [-0.25, -0.2) is 0 Å². The Morgan fingerprint density at radius 3 is 2.44 bits per heavy atom. The fourth-order valence-corrected chi connectivity index (χ4v) is 2.44. The van der Waals surface area contributed by atoms with E-state index in [1.807, 2.05) is 26.1 Å². The molecule has 0 unspecified atom stereocenters. The lowest BCUT2D eigenvalue weighted by atomic mass is 10.2. The summed E-state index contributed by atoms with van der Waals surface area (Å²) in [6, 6.07) is 8.09. The van der Waals surface area contributed by atoms with Crippen LogP contribution in [0.2, 0.25) is 0 Å². The fraction of sp³-hybridized carbons (Fsp3) is 0.556. The molecule has 1 aliphatic rings. The Labute approximate surface area is 167 Å². The summed E-state index contributed by atoms with van der Waals surface area (Å²) in [5, 5.41) is 6.21. The molecular weight excluding hydrogens is 431 g/mol. The van der Waals surface area contributed by atoms with Crippen LogP contribution in [0.15, 0.2) is 29.3 Å². The Bertz CT molecular complexity index is 559. The zero-order chi connectivity index (χ0) is 17.4. The van der Waals surface area contributed by atoms with E-state index in [1.54, 1.807) is 7.05 Å². The van der Waals surface area contributed by atoms with Crippen LogP contribution in [0.1, 0.15) is 25.3 Å². The van der Waals surface area contributed by atoms with Gasteiger partial charge < -0.3 is 20.3 Å². The van der Waals surface area contributed by atoms with Gasteiger partial charge in [-0.3, -0.25) is 9.79 Å². The van der Waals surface area contributed by atoms with Crippen molar-refractivity contribution in [2.24, 2.45) is 10.9 Å². The SMILES string of the molecule is CCOc1ccc(CN(C)C(=NC)NCCNC(=O)C2CC2)cc1.I. The summed E-state index contributed by atoms with van der Waals surface area (Å²) in [6.45, 7) is 4.68. The van der Waals surface area contributed by atoms with Crippen molar-refractivity contribution in [2.75, 3.05) is 33.8 Å². The van der Waals surface area contributed by atoms with Crippen LogP contribution in [0.5, 0.6) is 5.75 Å². The summed E-state index contributed by atoms with van der Waals surface area (Å²) >= 11 is 0. The van der Waals surface area contributed by atoms with Gasteiger partial charge in [-0.15, -0.1) is 24.0 Å². The van der Waals surface area contributed by atoms with Gasteiger partial charge in [-0.1, -0.05) is 12.1 Å². The molecule has 25 heavy (non-hydrogen) atoms. The monoisotopic (exact) mass is 460 g/mol. The molecule has 7 heteroatoms. The van der Waals surface area contributed by atoms with Crippen LogP contribution < -0.4 is 15.4 Å². The highest BCUT2D eigenvalue weighted by Gasteiger charge is 2.28. The van der Waals surface area contributed by atoms with Crippen molar-refractivity contribution in [1.82, 2.24) is 15.5 Å². The Morgan fingerprint density at radius 2 is 1.88 bits per heavy atom. The molecule has 0 bridgehead atoms. The first-order valence-electron chi connectivity index (χ1n) is 8.55. The molecule has 0 saturated heterocycles. The van der Waals surface area contributed by atoms with E-state index in [2.05, 4.69) is 32.7 Å². The number of carbonyl (C=O) groups excluding carboxylic acids is 1. The van der Waals surface area contributed by atoms with Gasteiger partial charge in [-0.2, -0.15) is 0 Å². The number of nitrogens with zero attached hydrogens (tertiary/aromatic N) is 2. The highest BCUT2D eigenvalue weighted by molar-refractivity contribution is 14.0. The maximum absolute atomic E-state index is 11.6. The molecule has 0 aromatic heterocycles. The topological polar surface area (TPSA) is 66.0 Å². The summed E-state index contributed by atoms with van der Waals surface area (Å²) in [4.78, 5) is 17.9. The number of aliphatic imine (C=N–C) groups is 1. The minimum atomic E-state index is 0. The van der Waals surface area contributed by atoms with Crippen LogP contribution in [-0.4, -0.2) is 50.6 Å². The molecule has 1 aliphatic carbocycles. The first-order valence-corrected chi connectivity index (χ1v) is 8.55. The van der Waals surface area contributed by atoms with Crippen molar-refractivity contribution in [3.05, 3.63) is 29.8 Å². The standard InChI is InChI=1S/C18H28N4O2.HI/c1-4-24-16-9-5-14(6-10-16)13-22(3)18(19-2)21-12-11-20-17(23)15-7-8-15;/h5-6,9-10,15H,4,7-8,11-13H2,1-3H3,(H,19,21)(H,20,23);1H. The van der Waals surface area contributed by atoms with Crippen LogP contribution in [0.25, 0.3) is 0 Å². The van der Waals surface area contributed by atoms with Crippen LogP contribution >= 0.6 is 24.0 Å². The van der Waals surface area contributed by atoms with Crippen molar-refractivity contribution in [1.29, 1.82) is 0 Å². The van der Waals surface area contributed by atoms with Gasteiger partial charge in [0.1, 0.15) is 5.75 Å². The first kappa shape index (κ1) is 21.5. The lowest BCUT2D eigenvalue weighted by Gasteiger charge is -2.22. The van der Waals surface area contributed by atoms with Gasteiger partial charge in [0.15, 0.2) is 5.96 Å². The van der Waals surface area contributed by atoms with E-state index >= 15 is 0 Å². The van der Waals surface area contributed by atoms with E-state index in [0.29, 0.717) is 19.7 Å². The van der Waals surface area contributed by atoms with Crippen LogP contribution in [0.3, 0.4) is 0 Å². The average molecular weight is 460 g/mol. The molecule has 2 N–H and O–H groups in total. The number of ether oxygens (including phenoxy) is 1. The largest absolute Gasteiger partial charge is 0.494 e. The molecule has 0 heterocycles. The third-order valence-corrected chi connectivity index (χ3v) is 3.88. The second-order valence-electron chi connectivity index (χ2n) is 5.97. The lowest BCUT2D eigenvalue weighted by molar-refractivity contribution is -0.122. The number of halogens is 1. The summed E-state index contributed by atoms with van der Waals surface area (Å²) in [7, 11) is 3.76. The number of hydrogen-bond donors (Lipinski definition) is 2. The fourth-order valence-electron chi connectivity index (χ4n) is 2.44. The number of carbonyl (C=O) groups is 1. The summed E-state index contributed by atoms with van der Waals surface area (Å²) in [5.41, 5.74) is 1.19. The zero-order valence-electron chi connectivity index (χ0n) is 15.2. The second kappa shape index (κ2) is 11.2. The molecule has 0 aliphatic heterocycles. The average Bonchev–Trinajstić information content (AvgIpc) is 3.41. The molecule has 6 nitrogen and oxygen atoms in total. The third kappa shape index (κ3) is 7.50. The zero-order valence-corrected chi connectivity index (χ0v) is 17.6. The van der Waals surface area contributed by atoms with Crippen molar-refractivity contribution in [2.45, 2.75) is 26.3 Å². The maximum Gasteiger partial charge on any atom is 0.223 e. The van der Waals surface area contributed by atoms with E-state index < -0.39 is 0 Å². The minimum absolute atomic E-state index is 0. The third-order valence-electron chi connectivity index (χ3n) is 3.88. The summed E-state index contributed by atoms with van der Waals surface area (Å²) in [5.74, 6) is 2.13. The number of rotatable bonds is 8. The second-order valence-corrected chi connectivity index (χ2v) is 5.97. The van der Waals surface area contributed by atoms with E-state index in [-0.39, 0.29) is 35.8 Å². The van der Waals surface area contributed by atoms with Gasteiger partial charge in [0, 0.05) is 39.6 Å².